The summed E-state index contributed by atoms with van der Waals surface area (Å²) in [6.45, 7) is 0.736. The highest BCUT2D eigenvalue weighted by Gasteiger charge is 2.15. The Kier molecular flexibility index (Phi) is 9.34. The lowest BCUT2D eigenvalue weighted by atomic mass is 10.3. The zero-order valence-corrected chi connectivity index (χ0v) is 14.1. The van der Waals surface area contributed by atoms with E-state index >= 15 is 0 Å². The average Bonchev–Trinajstić information content (AvgIpc) is 2.49. The van der Waals surface area contributed by atoms with Crippen LogP contribution in [0, 0.1) is 10.1 Å². The third-order valence-electron chi connectivity index (χ3n) is 2.70. The van der Waals surface area contributed by atoms with E-state index < -0.39 is 14.9 Å². The highest BCUT2D eigenvalue weighted by molar-refractivity contribution is 7.89. The van der Waals surface area contributed by atoms with E-state index in [1.54, 1.807) is 7.05 Å². The average molecular weight is 367 g/mol. The summed E-state index contributed by atoms with van der Waals surface area (Å²) >= 11 is 0. The molecule has 0 aliphatic carbocycles. The van der Waals surface area contributed by atoms with E-state index in [9.17, 15) is 23.3 Å². The minimum absolute atomic E-state index is 0. The molecule has 11 heteroatoms. The van der Waals surface area contributed by atoms with Gasteiger partial charge in [0.2, 0.25) is 15.9 Å². The normalized spacial score (nSPS) is 10.7. The highest BCUT2D eigenvalue weighted by atomic mass is 35.5. The van der Waals surface area contributed by atoms with Crippen molar-refractivity contribution in [3.63, 3.8) is 0 Å². The maximum absolute atomic E-state index is 11.9. The van der Waals surface area contributed by atoms with Crippen LogP contribution < -0.4 is 15.4 Å². The molecule has 0 atom stereocenters. The quantitative estimate of drug-likeness (QED) is 0.321. The van der Waals surface area contributed by atoms with Gasteiger partial charge in [0, 0.05) is 38.2 Å². The summed E-state index contributed by atoms with van der Waals surface area (Å²) in [5.74, 6) is -0.177. The van der Waals surface area contributed by atoms with Crippen molar-refractivity contribution < 1.29 is 18.1 Å². The van der Waals surface area contributed by atoms with Gasteiger partial charge in [0.25, 0.3) is 5.69 Å². The number of nitro benzene ring substituents is 1. The maximum atomic E-state index is 11.9. The number of nitrogens with zero attached hydrogens (tertiary/aromatic N) is 1. The first-order valence-corrected chi connectivity index (χ1v) is 8.00. The first kappa shape index (κ1) is 21.2. The Bertz CT molecular complexity index is 621. The second kappa shape index (κ2) is 10.1. The van der Waals surface area contributed by atoms with Crippen LogP contribution in [-0.4, -0.2) is 45.9 Å². The first-order chi connectivity index (χ1) is 10.4. The van der Waals surface area contributed by atoms with Gasteiger partial charge >= 0.3 is 0 Å². The van der Waals surface area contributed by atoms with Crippen molar-refractivity contribution in [1.29, 1.82) is 0 Å². The van der Waals surface area contributed by atoms with E-state index in [4.69, 9.17) is 0 Å². The third-order valence-corrected chi connectivity index (χ3v) is 4.18. The van der Waals surface area contributed by atoms with Crippen LogP contribution in [0.15, 0.2) is 29.2 Å². The summed E-state index contributed by atoms with van der Waals surface area (Å²) in [5.41, 5.74) is -0.184. The lowest BCUT2D eigenvalue weighted by molar-refractivity contribution is -0.384. The van der Waals surface area contributed by atoms with Crippen LogP contribution in [0.5, 0.6) is 0 Å². The molecular formula is C12H19ClN4O5S. The Morgan fingerprint density at radius 1 is 1.17 bits per heavy atom. The molecule has 0 fully saturated rings. The maximum Gasteiger partial charge on any atom is 0.269 e. The summed E-state index contributed by atoms with van der Waals surface area (Å²) in [6.07, 6.45) is 0.311. The van der Waals surface area contributed by atoms with E-state index in [0.29, 0.717) is 13.0 Å². The van der Waals surface area contributed by atoms with Crippen molar-refractivity contribution in [2.24, 2.45) is 0 Å². The van der Waals surface area contributed by atoms with Crippen LogP contribution in [0.4, 0.5) is 5.69 Å². The van der Waals surface area contributed by atoms with Gasteiger partial charge in [-0.15, -0.1) is 12.4 Å². The van der Waals surface area contributed by atoms with Crippen LogP contribution in [0.3, 0.4) is 0 Å². The summed E-state index contributed by atoms with van der Waals surface area (Å²) < 4.78 is 26.2. The Morgan fingerprint density at radius 3 is 2.30 bits per heavy atom. The van der Waals surface area contributed by atoms with Gasteiger partial charge in [0.1, 0.15) is 0 Å². The number of carbonyl (C=O) groups is 1. The summed E-state index contributed by atoms with van der Waals surface area (Å²) in [5, 5.41) is 15.9. The molecule has 0 unspecified atom stereocenters. The Balaban J connectivity index is 0.00000484. The molecule has 0 spiro atoms. The topological polar surface area (TPSA) is 130 Å². The lowest BCUT2D eigenvalue weighted by Gasteiger charge is -2.08. The van der Waals surface area contributed by atoms with Gasteiger partial charge in [0.05, 0.1) is 9.82 Å². The predicted octanol–water partition coefficient (Wildman–Crippen LogP) is 0.0206. The number of sulfonamides is 1. The van der Waals surface area contributed by atoms with Crippen LogP contribution in [0.25, 0.3) is 0 Å². The van der Waals surface area contributed by atoms with Crippen molar-refractivity contribution in [3.05, 3.63) is 34.4 Å². The number of amides is 1. The zero-order valence-electron chi connectivity index (χ0n) is 12.4. The molecule has 0 aliphatic rings. The predicted molar refractivity (Wildman–Crippen MR) is 87.1 cm³/mol. The monoisotopic (exact) mass is 366 g/mol. The number of rotatable bonds is 9. The minimum Gasteiger partial charge on any atom is -0.355 e. The smallest absolute Gasteiger partial charge is 0.269 e. The molecule has 0 bridgehead atoms. The number of benzene rings is 1. The molecule has 0 radical (unpaired) electrons. The van der Waals surface area contributed by atoms with Crippen LogP contribution in [0.1, 0.15) is 6.42 Å². The van der Waals surface area contributed by atoms with Crippen LogP contribution in [0.2, 0.25) is 0 Å². The summed E-state index contributed by atoms with van der Waals surface area (Å²) in [4.78, 5) is 21.1. The number of nitrogens with one attached hydrogen (secondary N) is 3. The van der Waals surface area contributed by atoms with Crippen LogP contribution >= 0.6 is 12.4 Å². The fourth-order valence-corrected chi connectivity index (χ4v) is 2.58. The summed E-state index contributed by atoms with van der Waals surface area (Å²) in [7, 11) is -2.03. The molecule has 130 valence electrons. The first-order valence-electron chi connectivity index (χ1n) is 6.52. The molecular weight excluding hydrogens is 348 g/mol. The molecule has 3 N–H and O–H groups in total. The highest BCUT2D eigenvalue weighted by Crippen LogP contribution is 2.15. The molecule has 0 aromatic heterocycles. The van der Waals surface area contributed by atoms with Gasteiger partial charge in [-0.3, -0.25) is 14.9 Å². The van der Waals surface area contributed by atoms with Gasteiger partial charge in [-0.1, -0.05) is 0 Å². The molecule has 1 aromatic rings. The Morgan fingerprint density at radius 2 is 1.78 bits per heavy atom. The second-order valence-corrected chi connectivity index (χ2v) is 6.12. The van der Waals surface area contributed by atoms with Gasteiger partial charge in [-0.05, 0) is 19.2 Å². The zero-order chi connectivity index (χ0) is 16.6. The Labute approximate surface area is 140 Å². The van der Waals surface area contributed by atoms with E-state index in [1.165, 1.54) is 0 Å². The molecule has 9 nitrogen and oxygen atoms in total. The molecule has 23 heavy (non-hydrogen) atoms. The van der Waals surface area contributed by atoms with Crippen molar-refractivity contribution >= 4 is 34.0 Å². The van der Waals surface area contributed by atoms with E-state index in [1.807, 2.05) is 0 Å². The van der Waals surface area contributed by atoms with Gasteiger partial charge in [-0.25, -0.2) is 13.1 Å². The molecule has 0 aliphatic heterocycles. The van der Waals surface area contributed by atoms with Crippen molar-refractivity contribution in [2.75, 3.05) is 26.7 Å². The molecule has 1 rings (SSSR count). The number of non-ortho nitro benzene ring substituents is 1. The number of halogens is 1. The van der Waals surface area contributed by atoms with Crippen LogP contribution in [-0.2, 0) is 14.8 Å². The van der Waals surface area contributed by atoms with Gasteiger partial charge in [0.15, 0.2) is 0 Å². The fraction of sp³-hybridized carbons (Fsp3) is 0.417. The number of nitro groups is 1. The number of carbonyl (C=O) groups excluding carboxylic acids is 1. The minimum atomic E-state index is -3.75. The van der Waals surface area contributed by atoms with Crippen molar-refractivity contribution in [2.45, 2.75) is 11.3 Å². The van der Waals surface area contributed by atoms with Crippen molar-refractivity contribution in [3.8, 4) is 0 Å². The fourth-order valence-electron chi connectivity index (χ4n) is 1.54. The molecule has 0 heterocycles. The second-order valence-electron chi connectivity index (χ2n) is 4.35. The Hall–Kier alpha value is -1.75. The lowest BCUT2D eigenvalue weighted by Crippen LogP contribution is -2.35. The molecule has 1 amide bonds. The van der Waals surface area contributed by atoms with E-state index in [-0.39, 0.29) is 42.0 Å². The van der Waals surface area contributed by atoms with E-state index in [0.717, 1.165) is 24.3 Å². The summed E-state index contributed by atoms with van der Waals surface area (Å²) in [6, 6.07) is 4.56. The van der Waals surface area contributed by atoms with Gasteiger partial charge < -0.3 is 10.6 Å². The standard InChI is InChI=1S/C12H18N4O5S.ClH/c1-13-7-6-12(17)14-8-9-15-22(20,21)11-4-2-10(3-5-11)16(18)19;/h2-5,13,15H,6-9H2,1H3,(H,14,17);1H. The third kappa shape index (κ3) is 7.37. The van der Waals surface area contributed by atoms with Gasteiger partial charge in [-0.2, -0.15) is 0 Å². The molecule has 1 aromatic carbocycles. The largest absolute Gasteiger partial charge is 0.355 e. The van der Waals surface area contributed by atoms with E-state index in [2.05, 4.69) is 15.4 Å². The molecule has 0 saturated carbocycles. The number of hydrogen-bond donors (Lipinski definition) is 3. The molecule has 0 saturated heterocycles. The van der Waals surface area contributed by atoms with Crippen molar-refractivity contribution in [1.82, 2.24) is 15.4 Å². The number of hydrogen-bond acceptors (Lipinski definition) is 6. The SMILES string of the molecule is CNCCC(=O)NCCNS(=O)(=O)c1ccc([N+](=O)[O-])cc1.Cl.